The molecule has 8 nitrogen and oxygen atoms in total. The molecule has 0 bridgehead atoms. The lowest BCUT2D eigenvalue weighted by Gasteiger charge is -2.31. The third kappa shape index (κ3) is 6.67. The van der Waals surface area contributed by atoms with Crippen molar-refractivity contribution in [1.82, 2.24) is 14.8 Å². The molecule has 1 saturated heterocycles. The van der Waals surface area contributed by atoms with Gasteiger partial charge in [-0.05, 0) is 53.4 Å². The highest BCUT2D eigenvalue weighted by Crippen LogP contribution is 2.34. The maximum absolute atomic E-state index is 13.9. The number of carbonyl (C=O) groups excluding carboxylic acids is 2. The van der Waals surface area contributed by atoms with E-state index in [0.29, 0.717) is 49.1 Å². The van der Waals surface area contributed by atoms with E-state index in [1.165, 1.54) is 0 Å². The molecule has 1 fully saturated rings. The number of hydrogen-bond acceptors (Lipinski definition) is 7. The molecule has 0 N–H and O–H groups in total. The minimum Gasteiger partial charge on any atom is -0.497 e. The zero-order chi connectivity index (χ0) is 27.2. The molecule has 0 aliphatic carbocycles. The van der Waals surface area contributed by atoms with E-state index in [-0.39, 0.29) is 24.4 Å². The van der Waals surface area contributed by atoms with Gasteiger partial charge in [-0.25, -0.2) is 5.01 Å². The summed E-state index contributed by atoms with van der Waals surface area (Å²) in [4.78, 5) is 32.4. The second-order valence-corrected chi connectivity index (χ2v) is 10.8. The lowest BCUT2D eigenvalue weighted by Crippen LogP contribution is -2.46. The van der Waals surface area contributed by atoms with Crippen molar-refractivity contribution in [2.45, 2.75) is 12.5 Å². The molecule has 2 aliphatic heterocycles. The number of carbonyl (C=O) groups is 2. The SMILES string of the molecule is COc1ccc(C(=O)N(CCN2CCOCC2)CC(=O)N2N=C(c3cccs3)C[C@@H]2c2ccc(Cl)cc2)cc1. The highest BCUT2D eigenvalue weighted by molar-refractivity contribution is 7.12. The molecule has 0 saturated carbocycles. The molecule has 39 heavy (non-hydrogen) atoms. The van der Waals surface area contributed by atoms with E-state index in [0.717, 1.165) is 29.2 Å². The normalized spacial score (nSPS) is 17.6. The third-order valence-electron chi connectivity index (χ3n) is 6.97. The molecule has 2 aromatic carbocycles. The first-order valence-electron chi connectivity index (χ1n) is 12.9. The summed E-state index contributed by atoms with van der Waals surface area (Å²) in [7, 11) is 1.59. The predicted molar refractivity (Wildman–Crippen MR) is 153 cm³/mol. The van der Waals surface area contributed by atoms with Crippen molar-refractivity contribution < 1.29 is 19.1 Å². The van der Waals surface area contributed by atoms with Gasteiger partial charge < -0.3 is 14.4 Å². The maximum Gasteiger partial charge on any atom is 0.262 e. The van der Waals surface area contributed by atoms with E-state index < -0.39 is 0 Å². The van der Waals surface area contributed by atoms with Crippen LogP contribution in [-0.2, 0) is 9.53 Å². The van der Waals surface area contributed by atoms with Gasteiger partial charge in [0.15, 0.2) is 0 Å². The van der Waals surface area contributed by atoms with Crippen molar-refractivity contribution in [2.75, 3.05) is 53.0 Å². The summed E-state index contributed by atoms with van der Waals surface area (Å²) in [5, 5.41) is 8.94. The van der Waals surface area contributed by atoms with Crippen LogP contribution in [0.5, 0.6) is 5.75 Å². The molecule has 2 aliphatic rings. The van der Waals surface area contributed by atoms with Crippen LogP contribution in [0.15, 0.2) is 71.1 Å². The van der Waals surface area contributed by atoms with Crippen molar-refractivity contribution >= 4 is 40.5 Å². The number of hydrogen-bond donors (Lipinski definition) is 0. The Kier molecular flexibility index (Phi) is 8.93. The standard InChI is InChI=1S/C29H31ClN4O4S/c1-37-24-10-6-22(7-11-24)29(36)33(13-12-32-14-16-38-17-15-32)20-28(35)34-26(21-4-8-23(30)9-5-21)19-25(31-34)27-3-2-18-39-27/h2-11,18,26H,12-17,19-20H2,1H3/t26-/m1/s1. The van der Waals surface area contributed by atoms with Crippen LogP contribution in [0.2, 0.25) is 5.02 Å². The monoisotopic (exact) mass is 566 g/mol. The van der Waals surface area contributed by atoms with E-state index >= 15 is 0 Å². The lowest BCUT2D eigenvalue weighted by molar-refractivity contribution is -0.133. The van der Waals surface area contributed by atoms with Crippen LogP contribution in [0.4, 0.5) is 0 Å². The molecule has 10 heteroatoms. The van der Waals surface area contributed by atoms with Gasteiger partial charge >= 0.3 is 0 Å². The predicted octanol–water partition coefficient (Wildman–Crippen LogP) is 4.56. The summed E-state index contributed by atoms with van der Waals surface area (Å²) < 4.78 is 10.7. The summed E-state index contributed by atoms with van der Waals surface area (Å²) in [5.41, 5.74) is 2.31. The highest BCUT2D eigenvalue weighted by Gasteiger charge is 2.35. The number of halogens is 1. The van der Waals surface area contributed by atoms with E-state index in [1.807, 2.05) is 41.8 Å². The van der Waals surface area contributed by atoms with Crippen molar-refractivity contribution in [2.24, 2.45) is 5.10 Å². The second-order valence-electron chi connectivity index (χ2n) is 9.44. The molecule has 1 aromatic heterocycles. The summed E-state index contributed by atoms with van der Waals surface area (Å²) in [6.45, 7) is 3.93. The van der Waals surface area contributed by atoms with E-state index in [4.69, 9.17) is 26.2 Å². The van der Waals surface area contributed by atoms with Crippen LogP contribution in [0.1, 0.15) is 33.3 Å². The smallest absolute Gasteiger partial charge is 0.262 e. The molecular weight excluding hydrogens is 536 g/mol. The Morgan fingerprint density at radius 1 is 1.10 bits per heavy atom. The summed E-state index contributed by atoms with van der Waals surface area (Å²) >= 11 is 7.73. The first kappa shape index (κ1) is 27.3. The number of morpholine rings is 1. The molecular formula is C29H31ClN4O4S. The van der Waals surface area contributed by atoms with Gasteiger partial charge in [-0.15, -0.1) is 11.3 Å². The summed E-state index contributed by atoms with van der Waals surface area (Å²) in [5.74, 6) is 0.232. The first-order valence-corrected chi connectivity index (χ1v) is 14.2. The van der Waals surface area contributed by atoms with Gasteiger partial charge in [0.1, 0.15) is 12.3 Å². The second kappa shape index (κ2) is 12.7. The van der Waals surface area contributed by atoms with Gasteiger partial charge in [-0.1, -0.05) is 29.8 Å². The van der Waals surface area contributed by atoms with Crippen molar-refractivity contribution in [3.05, 3.63) is 87.1 Å². The molecule has 1 atom stereocenters. The minimum absolute atomic E-state index is 0.0828. The molecule has 0 spiro atoms. The van der Waals surface area contributed by atoms with Gasteiger partial charge in [0.05, 0.1) is 37.0 Å². The molecule has 3 heterocycles. The number of benzene rings is 2. The van der Waals surface area contributed by atoms with Gasteiger partial charge in [0.2, 0.25) is 0 Å². The average molecular weight is 567 g/mol. The van der Waals surface area contributed by atoms with Crippen LogP contribution in [0.3, 0.4) is 0 Å². The number of thiophene rings is 1. The van der Waals surface area contributed by atoms with Gasteiger partial charge in [0.25, 0.3) is 11.8 Å². The maximum atomic E-state index is 13.9. The van der Waals surface area contributed by atoms with Crippen molar-refractivity contribution in [1.29, 1.82) is 0 Å². The Balaban J connectivity index is 1.38. The van der Waals surface area contributed by atoms with Gasteiger partial charge in [-0.3, -0.25) is 14.5 Å². The Morgan fingerprint density at radius 3 is 2.51 bits per heavy atom. The fourth-order valence-electron chi connectivity index (χ4n) is 4.77. The molecule has 0 radical (unpaired) electrons. The fraction of sp³-hybridized carbons (Fsp3) is 0.345. The van der Waals surface area contributed by atoms with E-state index in [9.17, 15) is 9.59 Å². The fourth-order valence-corrected chi connectivity index (χ4v) is 5.61. The Hall–Kier alpha value is -3.24. The Morgan fingerprint density at radius 2 is 1.85 bits per heavy atom. The van der Waals surface area contributed by atoms with E-state index in [2.05, 4.69) is 4.90 Å². The number of rotatable bonds is 9. The van der Waals surface area contributed by atoms with E-state index in [1.54, 1.807) is 52.6 Å². The quantitative estimate of drug-likeness (QED) is 0.379. The van der Waals surface area contributed by atoms with Crippen LogP contribution in [-0.4, -0.2) is 85.4 Å². The average Bonchev–Trinajstić information content (AvgIpc) is 3.67. The number of nitrogens with zero attached hydrogens (tertiary/aromatic N) is 4. The molecule has 3 aromatic rings. The van der Waals surface area contributed by atoms with Crippen LogP contribution in [0, 0.1) is 0 Å². The number of methoxy groups -OCH3 is 1. The topological polar surface area (TPSA) is 74.7 Å². The molecule has 5 rings (SSSR count). The lowest BCUT2D eigenvalue weighted by atomic mass is 10.0. The third-order valence-corrected chi connectivity index (χ3v) is 8.14. The van der Waals surface area contributed by atoms with Gasteiger partial charge in [-0.2, -0.15) is 5.10 Å². The molecule has 0 unspecified atom stereocenters. The highest BCUT2D eigenvalue weighted by atomic mass is 35.5. The molecule has 2 amide bonds. The number of ether oxygens (including phenoxy) is 2. The Bertz CT molecular complexity index is 1290. The van der Waals surface area contributed by atoms with Gasteiger partial charge in [0, 0.05) is 43.2 Å². The minimum atomic E-state index is -0.274. The van der Waals surface area contributed by atoms with Crippen LogP contribution < -0.4 is 4.74 Å². The number of amides is 2. The first-order chi connectivity index (χ1) is 19.0. The van der Waals surface area contributed by atoms with Crippen molar-refractivity contribution in [3.8, 4) is 5.75 Å². The Labute approximate surface area is 237 Å². The van der Waals surface area contributed by atoms with Crippen LogP contribution in [0.25, 0.3) is 0 Å². The summed E-state index contributed by atoms with van der Waals surface area (Å²) in [6.07, 6.45) is 0.591. The zero-order valence-corrected chi connectivity index (χ0v) is 23.4. The number of hydrazone groups is 1. The van der Waals surface area contributed by atoms with Crippen LogP contribution >= 0.6 is 22.9 Å². The van der Waals surface area contributed by atoms with Crippen molar-refractivity contribution in [3.63, 3.8) is 0 Å². The largest absolute Gasteiger partial charge is 0.497 e. The summed E-state index contributed by atoms with van der Waals surface area (Å²) in [6, 6.07) is 18.2. The zero-order valence-electron chi connectivity index (χ0n) is 21.8. The molecule has 204 valence electrons.